The maximum atomic E-state index is 12.0. The number of hydrogen-bond donors (Lipinski definition) is 3. The van der Waals surface area contributed by atoms with Gasteiger partial charge in [0.1, 0.15) is 6.61 Å². The van der Waals surface area contributed by atoms with Gasteiger partial charge in [-0.05, 0) is 19.4 Å². The van der Waals surface area contributed by atoms with E-state index in [0.717, 1.165) is 12.7 Å². The van der Waals surface area contributed by atoms with Gasteiger partial charge in [0.05, 0.1) is 12.6 Å². The number of benzene rings is 1. The number of esters is 1. The van der Waals surface area contributed by atoms with Crippen molar-refractivity contribution >= 4 is 12.1 Å². The molecule has 0 saturated heterocycles. The number of alkyl carbamates (subject to hydrolysis) is 1. The highest BCUT2D eigenvalue weighted by molar-refractivity contribution is 5.90. The van der Waals surface area contributed by atoms with Crippen LogP contribution in [-0.2, 0) is 21.6 Å². The molecule has 0 aliphatic heterocycles. The first-order valence-electron chi connectivity index (χ1n) is 7.62. The van der Waals surface area contributed by atoms with Gasteiger partial charge < -0.3 is 25.0 Å². The normalized spacial score (nSPS) is 10.9. The zero-order chi connectivity index (χ0) is 19.3. The van der Waals surface area contributed by atoms with Gasteiger partial charge in [0.25, 0.3) is 5.88 Å². The molecule has 2 rings (SSSR count). The zero-order valence-electron chi connectivity index (χ0n) is 14.5. The van der Waals surface area contributed by atoms with Gasteiger partial charge in [-0.3, -0.25) is 0 Å². The molecular formula is C17H19N3O6. The minimum Gasteiger partial charge on any atom is -0.501 e. The molecule has 1 amide bonds. The van der Waals surface area contributed by atoms with Crippen LogP contribution in [0.5, 0.6) is 11.6 Å². The number of hydrogen-bond acceptors (Lipinski definition) is 8. The van der Waals surface area contributed by atoms with E-state index < -0.39 is 34.9 Å². The van der Waals surface area contributed by atoms with Crippen LogP contribution in [-0.4, -0.2) is 39.4 Å². The number of nitrogens with one attached hydrogen (secondary N) is 1. The van der Waals surface area contributed by atoms with Crippen LogP contribution in [0.15, 0.2) is 30.3 Å². The van der Waals surface area contributed by atoms with E-state index >= 15 is 0 Å². The molecule has 0 fully saturated rings. The largest absolute Gasteiger partial charge is 0.501 e. The first kappa shape index (κ1) is 19.0. The molecule has 26 heavy (non-hydrogen) atoms. The van der Waals surface area contributed by atoms with E-state index in [9.17, 15) is 19.8 Å². The third kappa shape index (κ3) is 4.38. The third-order valence-electron chi connectivity index (χ3n) is 3.43. The Labute approximate surface area is 149 Å². The van der Waals surface area contributed by atoms with Gasteiger partial charge in [-0.25, -0.2) is 14.6 Å². The fraction of sp³-hybridized carbons (Fsp3) is 0.294. The summed E-state index contributed by atoms with van der Waals surface area (Å²) < 4.78 is 9.63. The van der Waals surface area contributed by atoms with Crippen molar-refractivity contribution in [2.75, 3.05) is 7.11 Å². The maximum absolute atomic E-state index is 12.0. The van der Waals surface area contributed by atoms with Crippen molar-refractivity contribution in [2.45, 2.75) is 26.0 Å². The molecule has 0 bridgehead atoms. The van der Waals surface area contributed by atoms with Gasteiger partial charge in [-0.2, -0.15) is 4.98 Å². The minimum absolute atomic E-state index is 0.0673. The number of carbonyl (C=O) groups is 2. The number of amides is 1. The van der Waals surface area contributed by atoms with Gasteiger partial charge in [-0.1, -0.05) is 30.3 Å². The van der Waals surface area contributed by atoms with E-state index in [1.54, 1.807) is 13.8 Å². The van der Waals surface area contributed by atoms with Crippen LogP contribution in [0.25, 0.3) is 0 Å². The molecule has 138 valence electrons. The fourth-order valence-electron chi connectivity index (χ4n) is 2.03. The molecule has 2 aromatic rings. The summed E-state index contributed by atoms with van der Waals surface area (Å²) in [6.45, 7) is 3.16. The lowest BCUT2D eigenvalue weighted by Gasteiger charge is -2.24. The number of aromatic hydroxyl groups is 2. The monoisotopic (exact) mass is 361 g/mol. The van der Waals surface area contributed by atoms with Gasteiger partial charge in [-0.15, -0.1) is 0 Å². The van der Waals surface area contributed by atoms with Crippen LogP contribution in [0.2, 0.25) is 0 Å². The predicted octanol–water partition coefficient (Wildman–Crippen LogP) is 1.84. The van der Waals surface area contributed by atoms with E-state index in [1.165, 1.54) is 0 Å². The van der Waals surface area contributed by atoms with Crippen LogP contribution in [0.4, 0.5) is 4.79 Å². The summed E-state index contributed by atoms with van der Waals surface area (Å²) >= 11 is 0. The molecule has 9 nitrogen and oxygen atoms in total. The van der Waals surface area contributed by atoms with Crippen molar-refractivity contribution in [2.24, 2.45) is 0 Å². The van der Waals surface area contributed by atoms with Gasteiger partial charge in [0.15, 0.2) is 11.5 Å². The molecule has 0 unspecified atom stereocenters. The summed E-state index contributed by atoms with van der Waals surface area (Å²) in [4.78, 5) is 31.3. The molecule has 9 heteroatoms. The molecule has 0 aliphatic carbocycles. The highest BCUT2D eigenvalue weighted by Crippen LogP contribution is 2.29. The Morgan fingerprint density at radius 1 is 1.15 bits per heavy atom. The Kier molecular flexibility index (Phi) is 5.61. The average molecular weight is 361 g/mol. The predicted molar refractivity (Wildman–Crippen MR) is 89.5 cm³/mol. The molecule has 0 saturated carbocycles. The van der Waals surface area contributed by atoms with Crippen LogP contribution >= 0.6 is 0 Å². The number of rotatable bonds is 5. The second-order valence-corrected chi connectivity index (χ2v) is 5.87. The highest BCUT2D eigenvalue weighted by atomic mass is 16.5. The summed E-state index contributed by atoms with van der Waals surface area (Å²) in [5.41, 5.74) is -0.906. The molecule has 3 N–H and O–H groups in total. The smallest absolute Gasteiger partial charge is 0.408 e. The number of ether oxygens (including phenoxy) is 2. The van der Waals surface area contributed by atoms with Crippen molar-refractivity contribution in [3.8, 4) is 11.6 Å². The van der Waals surface area contributed by atoms with Crippen molar-refractivity contribution < 1.29 is 29.3 Å². The number of nitrogens with zero attached hydrogens (tertiary/aromatic N) is 2. The van der Waals surface area contributed by atoms with Gasteiger partial charge in [0.2, 0.25) is 5.75 Å². The van der Waals surface area contributed by atoms with E-state index in [0.29, 0.717) is 0 Å². The molecule has 0 radical (unpaired) electrons. The highest BCUT2D eigenvalue weighted by Gasteiger charge is 2.31. The van der Waals surface area contributed by atoms with E-state index in [4.69, 9.17) is 4.74 Å². The fourth-order valence-corrected chi connectivity index (χ4v) is 2.03. The second-order valence-electron chi connectivity index (χ2n) is 5.87. The van der Waals surface area contributed by atoms with Crippen molar-refractivity contribution in [1.82, 2.24) is 15.3 Å². The zero-order valence-corrected chi connectivity index (χ0v) is 14.5. The summed E-state index contributed by atoms with van der Waals surface area (Å²) in [6.07, 6.45) is -0.741. The number of aromatic nitrogens is 2. The molecule has 0 spiro atoms. The Bertz CT molecular complexity index is 808. The van der Waals surface area contributed by atoms with E-state index in [2.05, 4.69) is 20.0 Å². The number of methoxy groups -OCH3 is 1. The van der Waals surface area contributed by atoms with Crippen LogP contribution < -0.4 is 5.32 Å². The Balaban J connectivity index is 2.14. The summed E-state index contributed by atoms with van der Waals surface area (Å²) in [5.74, 6) is -2.67. The molecule has 1 aromatic heterocycles. The maximum Gasteiger partial charge on any atom is 0.408 e. The van der Waals surface area contributed by atoms with E-state index in [1.807, 2.05) is 30.3 Å². The standard InChI is InChI=1S/C17H19N3O6/c1-17(2,20-16(24)26-9-10-7-5-4-6-8-10)15-18-11(14(23)25-3)12(21)13(22)19-15/h4-8,21H,9H2,1-3H3,(H,20,24)(H,18,19,22). The molecule has 1 heterocycles. The van der Waals surface area contributed by atoms with Gasteiger partial charge >= 0.3 is 12.1 Å². The SMILES string of the molecule is COC(=O)c1nc(C(C)(C)NC(=O)OCc2ccccc2)nc(O)c1O. The molecule has 1 aromatic carbocycles. The lowest BCUT2D eigenvalue weighted by Crippen LogP contribution is -2.42. The van der Waals surface area contributed by atoms with Crippen LogP contribution in [0, 0.1) is 0 Å². The Morgan fingerprint density at radius 2 is 1.81 bits per heavy atom. The third-order valence-corrected chi connectivity index (χ3v) is 3.43. The summed E-state index contributed by atoms with van der Waals surface area (Å²) in [7, 11) is 1.10. The van der Waals surface area contributed by atoms with Crippen molar-refractivity contribution in [3.63, 3.8) is 0 Å². The Hall–Kier alpha value is -3.36. The topological polar surface area (TPSA) is 131 Å². The first-order valence-corrected chi connectivity index (χ1v) is 7.62. The lowest BCUT2D eigenvalue weighted by atomic mass is 10.0. The molecule has 0 aliphatic rings. The summed E-state index contributed by atoms with van der Waals surface area (Å²) in [6, 6.07) is 9.11. The molecular weight excluding hydrogens is 342 g/mol. The average Bonchev–Trinajstić information content (AvgIpc) is 2.62. The Morgan fingerprint density at radius 3 is 2.42 bits per heavy atom. The van der Waals surface area contributed by atoms with Crippen LogP contribution in [0.1, 0.15) is 35.7 Å². The first-order chi connectivity index (χ1) is 12.2. The van der Waals surface area contributed by atoms with Crippen molar-refractivity contribution in [1.29, 1.82) is 0 Å². The van der Waals surface area contributed by atoms with E-state index in [-0.39, 0.29) is 12.4 Å². The summed E-state index contributed by atoms with van der Waals surface area (Å²) in [5, 5.41) is 22.0. The second kappa shape index (κ2) is 7.68. The quantitative estimate of drug-likeness (QED) is 0.688. The number of carbonyl (C=O) groups excluding carboxylic acids is 2. The minimum atomic E-state index is -1.21. The van der Waals surface area contributed by atoms with Crippen LogP contribution in [0.3, 0.4) is 0 Å². The molecule has 0 atom stereocenters. The van der Waals surface area contributed by atoms with Crippen molar-refractivity contribution in [3.05, 3.63) is 47.4 Å². The lowest BCUT2D eigenvalue weighted by molar-refractivity contribution is 0.0588. The van der Waals surface area contributed by atoms with Gasteiger partial charge in [0, 0.05) is 0 Å².